The molecule has 0 radical (unpaired) electrons. The van der Waals surface area contributed by atoms with E-state index in [1.165, 1.54) is 24.2 Å². The van der Waals surface area contributed by atoms with Crippen LogP contribution in [0, 0.1) is 0 Å². The molecule has 0 spiro atoms. The Hall–Kier alpha value is -0.290. The normalized spacial score (nSPS) is 19.8. The summed E-state index contributed by atoms with van der Waals surface area (Å²) in [6.07, 6.45) is 1.21. The number of likely N-dealkylation sites (tertiary alicyclic amines) is 1. The average molecular weight is 252 g/mol. The third-order valence-corrected chi connectivity index (χ3v) is 3.20. The van der Waals surface area contributed by atoms with Crippen molar-refractivity contribution in [3.63, 3.8) is 0 Å². The van der Waals surface area contributed by atoms with Crippen molar-refractivity contribution in [3.05, 3.63) is 0 Å². The maximum atomic E-state index is 12.2. The summed E-state index contributed by atoms with van der Waals surface area (Å²) < 4.78 is 36.5. The number of alkyl halides is 3. The predicted octanol–water partition coefficient (Wildman–Crippen LogP) is 2.79. The highest BCUT2D eigenvalue weighted by Gasteiger charge is 2.32. The summed E-state index contributed by atoms with van der Waals surface area (Å²) in [6.45, 7) is 3.53. The van der Waals surface area contributed by atoms with Gasteiger partial charge in [-0.15, -0.1) is 0 Å². The van der Waals surface area contributed by atoms with Crippen LogP contribution in [0.25, 0.3) is 0 Å². The van der Waals surface area contributed by atoms with Crippen LogP contribution in [0.15, 0.2) is 0 Å². The minimum Gasteiger partial charge on any atom is -0.314 e. The molecule has 0 aromatic heterocycles. The van der Waals surface area contributed by atoms with Gasteiger partial charge in [-0.3, -0.25) is 4.90 Å². The van der Waals surface area contributed by atoms with Crippen LogP contribution in [0.1, 0.15) is 39.0 Å². The summed E-state index contributed by atoms with van der Waals surface area (Å²) >= 11 is 0. The minimum atomic E-state index is -4.05. The van der Waals surface area contributed by atoms with E-state index in [-0.39, 0.29) is 0 Å². The number of rotatable bonds is 6. The van der Waals surface area contributed by atoms with E-state index in [1.54, 1.807) is 0 Å². The number of hydrogen-bond donors (Lipinski definition) is 1. The molecule has 1 fully saturated rings. The standard InChI is InChI=1S/C12H23F3N2/c1-2-3-4-7-16-11-5-8-17(9-6-11)10-12(13,14)15/h11,16H,2-10H2,1H3. The Morgan fingerprint density at radius 3 is 2.35 bits per heavy atom. The molecule has 2 nitrogen and oxygen atoms in total. The summed E-state index contributed by atoms with van der Waals surface area (Å²) in [5.41, 5.74) is 0. The van der Waals surface area contributed by atoms with Gasteiger partial charge in [0, 0.05) is 6.04 Å². The number of halogens is 3. The zero-order chi connectivity index (χ0) is 12.7. The molecule has 0 unspecified atom stereocenters. The molecule has 1 N–H and O–H groups in total. The molecule has 0 aliphatic carbocycles. The van der Waals surface area contributed by atoms with Crippen molar-refractivity contribution >= 4 is 0 Å². The number of piperidine rings is 1. The third kappa shape index (κ3) is 6.88. The van der Waals surface area contributed by atoms with Crippen LogP contribution in [-0.4, -0.2) is 43.3 Å². The molecule has 17 heavy (non-hydrogen) atoms. The molecule has 1 heterocycles. The molecule has 1 aliphatic heterocycles. The van der Waals surface area contributed by atoms with Crippen molar-refractivity contribution in [1.82, 2.24) is 10.2 Å². The molecule has 5 heteroatoms. The van der Waals surface area contributed by atoms with E-state index in [1.807, 2.05) is 0 Å². The van der Waals surface area contributed by atoms with Gasteiger partial charge in [0.2, 0.25) is 0 Å². The highest BCUT2D eigenvalue weighted by molar-refractivity contribution is 4.78. The van der Waals surface area contributed by atoms with Crippen LogP contribution < -0.4 is 5.32 Å². The van der Waals surface area contributed by atoms with Crippen LogP contribution in [0.5, 0.6) is 0 Å². The second kappa shape index (κ2) is 7.21. The summed E-state index contributed by atoms with van der Waals surface area (Å²) in [6, 6.07) is 0.413. The van der Waals surface area contributed by atoms with E-state index in [0.29, 0.717) is 19.1 Å². The van der Waals surface area contributed by atoms with Gasteiger partial charge in [0.1, 0.15) is 0 Å². The number of hydrogen-bond acceptors (Lipinski definition) is 2. The SMILES string of the molecule is CCCCCNC1CCN(CC(F)(F)F)CC1. The average Bonchev–Trinajstić information content (AvgIpc) is 2.25. The van der Waals surface area contributed by atoms with E-state index in [2.05, 4.69) is 12.2 Å². The first-order chi connectivity index (χ1) is 8.01. The lowest BCUT2D eigenvalue weighted by Gasteiger charge is -2.32. The molecule has 0 aromatic rings. The highest BCUT2D eigenvalue weighted by atomic mass is 19.4. The maximum Gasteiger partial charge on any atom is 0.401 e. The fraction of sp³-hybridized carbons (Fsp3) is 1.00. The fourth-order valence-corrected chi connectivity index (χ4v) is 2.23. The topological polar surface area (TPSA) is 15.3 Å². The molecule has 1 rings (SSSR count). The summed E-state index contributed by atoms with van der Waals surface area (Å²) in [7, 11) is 0. The Morgan fingerprint density at radius 2 is 1.82 bits per heavy atom. The Labute approximate surface area is 102 Å². The van der Waals surface area contributed by atoms with Gasteiger partial charge in [-0.1, -0.05) is 19.8 Å². The summed E-state index contributed by atoms with van der Waals surface area (Å²) in [4.78, 5) is 1.50. The second-order valence-corrected chi connectivity index (χ2v) is 4.83. The van der Waals surface area contributed by atoms with Gasteiger partial charge in [-0.25, -0.2) is 0 Å². The number of nitrogens with one attached hydrogen (secondary N) is 1. The minimum absolute atomic E-state index is 0.413. The van der Waals surface area contributed by atoms with Gasteiger partial charge in [0.25, 0.3) is 0 Å². The zero-order valence-electron chi connectivity index (χ0n) is 10.5. The molecule has 1 aliphatic rings. The Morgan fingerprint density at radius 1 is 1.18 bits per heavy atom. The van der Waals surface area contributed by atoms with Crippen molar-refractivity contribution in [2.24, 2.45) is 0 Å². The first-order valence-corrected chi connectivity index (χ1v) is 6.54. The second-order valence-electron chi connectivity index (χ2n) is 4.83. The molecule has 0 aromatic carbocycles. The molecular weight excluding hydrogens is 229 g/mol. The Bertz CT molecular complexity index is 198. The lowest BCUT2D eigenvalue weighted by atomic mass is 10.0. The van der Waals surface area contributed by atoms with E-state index in [0.717, 1.165) is 19.4 Å². The quantitative estimate of drug-likeness (QED) is 0.731. The Kier molecular flexibility index (Phi) is 6.27. The number of nitrogens with zero attached hydrogens (tertiary/aromatic N) is 1. The van der Waals surface area contributed by atoms with Crippen LogP contribution >= 0.6 is 0 Å². The molecule has 0 atom stereocenters. The number of unbranched alkanes of at least 4 members (excludes halogenated alkanes) is 2. The van der Waals surface area contributed by atoms with E-state index in [4.69, 9.17) is 0 Å². The van der Waals surface area contributed by atoms with Crippen molar-refractivity contribution < 1.29 is 13.2 Å². The molecular formula is C12H23F3N2. The largest absolute Gasteiger partial charge is 0.401 e. The zero-order valence-corrected chi connectivity index (χ0v) is 10.5. The van der Waals surface area contributed by atoms with Crippen molar-refractivity contribution in [3.8, 4) is 0 Å². The van der Waals surface area contributed by atoms with E-state index < -0.39 is 12.7 Å². The lowest BCUT2D eigenvalue weighted by molar-refractivity contribution is -0.148. The van der Waals surface area contributed by atoms with Gasteiger partial charge in [0.05, 0.1) is 6.54 Å². The van der Waals surface area contributed by atoms with E-state index >= 15 is 0 Å². The molecule has 1 saturated heterocycles. The first-order valence-electron chi connectivity index (χ1n) is 6.54. The highest BCUT2D eigenvalue weighted by Crippen LogP contribution is 2.19. The Balaban J connectivity index is 2.09. The summed E-state index contributed by atoms with van der Waals surface area (Å²) in [5, 5.41) is 3.43. The van der Waals surface area contributed by atoms with Gasteiger partial charge in [-0.2, -0.15) is 13.2 Å². The first kappa shape index (κ1) is 14.8. The lowest BCUT2D eigenvalue weighted by Crippen LogP contribution is -2.45. The van der Waals surface area contributed by atoms with Gasteiger partial charge in [-0.05, 0) is 38.9 Å². The molecule has 0 bridgehead atoms. The van der Waals surface area contributed by atoms with Gasteiger partial charge >= 0.3 is 6.18 Å². The van der Waals surface area contributed by atoms with Crippen molar-refractivity contribution in [2.75, 3.05) is 26.2 Å². The van der Waals surface area contributed by atoms with Gasteiger partial charge < -0.3 is 5.32 Å². The smallest absolute Gasteiger partial charge is 0.314 e. The van der Waals surface area contributed by atoms with E-state index in [9.17, 15) is 13.2 Å². The van der Waals surface area contributed by atoms with Gasteiger partial charge in [0.15, 0.2) is 0 Å². The van der Waals surface area contributed by atoms with Crippen LogP contribution in [-0.2, 0) is 0 Å². The molecule has 102 valence electrons. The van der Waals surface area contributed by atoms with Crippen molar-refractivity contribution in [2.45, 2.75) is 51.2 Å². The maximum absolute atomic E-state index is 12.2. The van der Waals surface area contributed by atoms with Crippen LogP contribution in [0.2, 0.25) is 0 Å². The predicted molar refractivity (Wildman–Crippen MR) is 63.0 cm³/mol. The molecule has 0 amide bonds. The van der Waals surface area contributed by atoms with Crippen molar-refractivity contribution in [1.29, 1.82) is 0 Å². The summed E-state index contributed by atoms with van der Waals surface area (Å²) in [5.74, 6) is 0. The third-order valence-electron chi connectivity index (χ3n) is 3.20. The monoisotopic (exact) mass is 252 g/mol. The van der Waals surface area contributed by atoms with Crippen LogP contribution in [0.3, 0.4) is 0 Å². The fourth-order valence-electron chi connectivity index (χ4n) is 2.23. The molecule has 0 saturated carbocycles. The van der Waals surface area contributed by atoms with Crippen LogP contribution in [0.4, 0.5) is 13.2 Å².